The van der Waals surface area contributed by atoms with Crippen LogP contribution in [0.1, 0.15) is 29.9 Å². The minimum absolute atomic E-state index is 0.0350. The number of hydrogen-bond acceptors (Lipinski definition) is 3. The van der Waals surface area contributed by atoms with Crippen molar-refractivity contribution in [2.75, 3.05) is 0 Å². The fourth-order valence-corrected chi connectivity index (χ4v) is 6.61. The molecule has 3 aromatic rings. The number of rotatable bonds is 8. The summed E-state index contributed by atoms with van der Waals surface area (Å²) in [4.78, 5) is 27.3. The van der Waals surface area contributed by atoms with E-state index >= 15 is 0 Å². The molecule has 0 bridgehead atoms. The molecular formula is C25H24NO4P. The molecule has 0 radical (unpaired) electrons. The zero-order valence-corrected chi connectivity index (χ0v) is 17.9. The van der Waals surface area contributed by atoms with Crippen LogP contribution in [-0.4, -0.2) is 27.5 Å². The fourth-order valence-electron chi connectivity index (χ4n) is 4.32. The van der Waals surface area contributed by atoms with Gasteiger partial charge in [-0.3, -0.25) is 14.4 Å². The summed E-state index contributed by atoms with van der Waals surface area (Å²) in [6.45, 7) is 0. The van der Waals surface area contributed by atoms with Gasteiger partial charge in [-0.2, -0.15) is 0 Å². The first-order chi connectivity index (χ1) is 14.9. The van der Waals surface area contributed by atoms with Crippen molar-refractivity contribution >= 4 is 30.3 Å². The van der Waals surface area contributed by atoms with E-state index in [9.17, 15) is 19.4 Å². The summed E-state index contributed by atoms with van der Waals surface area (Å²) in [5, 5.41) is 10.0. The summed E-state index contributed by atoms with van der Waals surface area (Å²) < 4.78 is 13.9. The Hall–Kier alpha value is -3.01. The maximum atomic E-state index is 13.9. The zero-order chi connectivity index (χ0) is 21.9. The Balaban J connectivity index is 1.81. The minimum atomic E-state index is -3.91. The first-order valence-corrected chi connectivity index (χ1v) is 12.1. The molecular weight excluding hydrogens is 409 g/mol. The summed E-state index contributed by atoms with van der Waals surface area (Å²) in [6.07, 6.45) is 4.96. The van der Waals surface area contributed by atoms with E-state index in [1.54, 1.807) is 18.4 Å². The van der Waals surface area contributed by atoms with Gasteiger partial charge >= 0.3 is 5.97 Å². The molecule has 0 amide bonds. The summed E-state index contributed by atoms with van der Waals surface area (Å²) in [5.74, 6) is -1.49. The Bertz CT molecular complexity index is 1190. The SMILES string of the molecule is O=C(O)CCC(c1ccc2ccccc2c1)C1(P(=O)(O)Cc2ccccc2)C=CC=N1. The lowest BCUT2D eigenvalue weighted by Gasteiger charge is -2.37. The fraction of sp³-hybridized carbons (Fsp3) is 0.200. The van der Waals surface area contributed by atoms with Crippen LogP contribution in [0, 0.1) is 0 Å². The number of aliphatic carboxylic acids is 1. The van der Waals surface area contributed by atoms with Crippen LogP contribution in [0.5, 0.6) is 0 Å². The number of nitrogens with zero attached hydrogens (tertiary/aromatic N) is 1. The highest BCUT2D eigenvalue weighted by molar-refractivity contribution is 7.59. The van der Waals surface area contributed by atoms with Crippen LogP contribution in [0.4, 0.5) is 0 Å². The van der Waals surface area contributed by atoms with Crippen molar-refractivity contribution in [3.05, 3.63) is 96.1 Å². The molecule has 3 unspecified atom stereocenters. The second-order valence-corrected chi connectivity index (χ2v) is 10.3. The normalized spacial score (nSPS) is 20.5. The lowest BCUT2D eigenvalue weighted by atomic mass is 9.86. The predicted molar refractivity (Wildman–Crippen MR) is 124 cm³/mol. The molecule has 2 N–H and O–H groups in total. The summed E-state index contributed by atoms with van der Waals surface area (Å²) >= 11 is 0. The van der Waals surface area contributed by atoms with Crippen molar-refractivity contribution in [2.24, 2.45) is 4.99 Å². The number of carbonyl (C=O) groups is 1. The quantitative estimate of drug-likeness (QED) is 0.453. The third-order valence-electron chi connectivity index (χ3n) is 5.84. The van der Waals surface area contributed by atoms with E-state index in [1.165, 1.54) is 0 Å². The molecule has 1 aliphatic heterocycles. The van der Waals surface area contributed by atoms with Gasteiger partial charge in [0.1, 0.15) is 0 Å². The Labute approximate surface area is 181 Å². The van der Waals surface area contributed by atoms with Crippen molar-refractivity contribution in [1.29, 1.82) is 0 Å². The van der Waals surface area contributed by atoms with Gasteiger partial charge in [-0.1, -0.05) is 72.8 Å². The number of carboxylic acids is 1. The molecule has 158 valence electrons. The van der Waals surface area contributed by atoms with Crippen LogP contribution >= 0.6 is 7.37 Å². The third-order valence-corrected chi connectivity index (χ3v) is 8.33. The van der Waals surface area contributed by atoms with Crippen LogP contribution in [0.3, 0.4) is 0 Å². The first-order valence-electron chi connectivity index (χ1n) is 10.2. The number of fused-ring (bicyclic) bond motifs is 1. The molecule has 0 saturated carbocycles. The Morgan fingerprint density at radius 1 is 1.00 bits per heavy atom. The van der Waals surface area contributed by atoms with E-state index in [0.29, 0.717) is 0 Å². The van der Waals surface area contributed by atoms with Crippen LogP contribution in [0.15, 0.2) is 89.9 Å². The molecule has 3 aromatic carbocycles. The van der Waals surface area contributed by atoms with Gasteiger partial charge in [0.2, 0.25) is 7.37 Å². The average Bonchev–Trinajstić information content (AvgIpc) is 3.26. The van der Waals surface area contributed by atoms with Gasteiger partial charge in [-0.25, -0.2) is 0 Å². The first kappa shape index (κ1) is 21.2. The maximum Gasteiger partial charge on any atom is 0.303 e. The topological polar surface area (TPSA) is 87.0 Å². The Morgan fingerprint density at radius 3 is 2.39 bits per heavy atom. The Kier molecular flexibility index (Phi) is 5.90. The van der Waals surface area contributed by atoms with Crippen LogP contribution in [0.25, 0.3) is 10.8 Å². The van der Waals surface area contributed by atoms with Gasteiger partial charge in [0.05, 0.1) is 6.16 Å². The van der Waals surface area contributed by atoms with Crippen molar-refractivity contribution < 1.29 is 19.4 Å². The highest BCUT2D eigenvalue weighted by Gasteiger charge is 2.52. The Morgan fingerprint density at radius 2 is 1.71 bits per heavy atom. The molecule has 0 spiro atoms. The van der Waals surface area contributed by atoms with Crippen LogP contribution in [0.2, 0.25) is 0 Å². The number of allylic oxidation sites excluding steroid dienone is 1. The second-order valence-electron chi connectivity index (χ2n) is 7.86. The molecule has 0 saturated heterocycles. The monoisotopic (exact) mass is 433 g/mol. The number of benzene rings is 3. The predicted octanol–water partition coefficient (Wildman–Crippen LogP) is 5.60. The van der Waals surface area contributed by atoms with Gasteiger partial charge < -0.3 is 10.00 Å². The molecule has 5 nitrogen and oxygen atoms in total. The van der Waals surface area contributed by atoms with E-state index < -0.39 is 24.5 Å². The van der Waals surface area contributed by atoms with Gasteiger partial charge in [0.25, 0.3) is 0 Å². The molecule has 4 rings (SSSR count). The highest BCUT2D eigenvalue weighted by Crippen LogP contribution is 2.65. The number of carboxylic acid groups (broad SMARTS) is 1. The molecule has 1 aliphatic rings. The van der Waals surface area contributed by atoms with Gasteiger partial charge in [0.15, 0.2) is 5.28 Å². The van der Waals surface area contributed by atoms with Gasteiger partial charge in [0, 0.05) is 18.6 Å². The van der Waals surface area contributed by atoms with Crippen LogP contribution < -0.4 is 0 Å². The molecule has 0 fully saturated rings. The number of aliphatic imine (C=N–C) groups is 1. The van der Waals surface area contributed by atoms with Gasteiger partial charge in [-0.15, -0.1) is 0 Å². The molecule has 0 aromatic heterocycles. The van der Waals surface area contributed by atoms with Crippen molar-refractivity contribution in [1.82, 2.24) is 0 Å². The van der Waals surface area contributed by atoms with Crippen LogP contribution in [-0.2, 0) is 15.5 Å². The van der Waals surface area contributed by atoms with E-state index in [-0.39, 0.29) is 19.0 Å². The largest absolute Gasteiger partial charge is 0.481 e. The van der Waals surface area contributed by atoms with E-state index in [1.807, 2.05) is 72.8 Å². The summed E-state index contributed by atoms with van der Waals surface area (Å²) in [7, 11) is -3.91. The maximum absolute atomic E-state index is 13.9. The lowest BCUT2D eigenvalue weighted by Crippen LogP contribution is -2.32. The van der Waals surface area contributed by atoms with Gasteiger partial charge in [-0.05, 0) is 40.5 Å². The smallest absolute Gasteiger partial charge is 0.303 e. The van der Waals surface area contributed by atoms with Crippen molar-refractivity contribution in [3.63, 3.8) is 0 Å². The second kappa shape index (κ2) is 8.62. The average molecular weight is 433 g/mol. The molecule has 1 heterocycles. The molecule has 31 heavy (non-hydrogen) atoms. The van der Waals surface area contributed by atoms with E-state index in [4.69, 9.17) is 0 Å². The van der Waals surface area contributed by atoms with E-state index in [2.05, 4.69) is 4.99 Å². The van der Waals surface area contributed by atoms with Crippen molar-refractivity contribution in [2.45, 2.75) is 30.2 Å². The summed E-state index contributed by atoms with van der Waals surface area (Å²) in [5.41, 5.74) is 1.56. The lowest BCUT2D eigenvalue weighted by molar-refractivity contribution is -0.137. The molecule has 3 atom stereocenters. The standard InChI is InChI=1S/C25H24NO4P/c27-24(28)14-13-23(22-12-11-20-9-4-5-10-21(20)17-22)25(15-6-16-26-25)31(29,30)18-19-7-2-1-3-8-19/h1-12,15-17,23H,13-14,18H2,(H,27,28)(H,29,30). The van der Waals surface area contributed by atoms with E-state index in [0.717, 1.165) is 21.9 Å². The highest BCUT2D eigenvalue weighted by atomic mass is 31.2. The van der Waals surface area contributed by atoms with Crippen molar-refractivity contribution in [3.8, 4) is 0 Å². The number of hydrogen-bond donors (Lipinski definition) is 2. The third kappa shape index (κ3) is 4.25. The zero-order valence-electron chi connectivity index (χ0n) is 17.0. The molecule has 6 heteroatoms. The summed E-state index contributed by atoms with van der Waals surface area (Å²) in [6, 6.07) is 22.9. The molecule has 0 aliphatic carbocycles. The minimum Gasteiger partial charge on any atom is -0.481 e.